The minimum Gasteiger partial charge on any atom is -0.497 e. The summed E-state index contributed by atoms with van der Waals surface area (Å²) in [6.45, 7) is 4.38. The Morgan fingerprint density at radius 2 is 1.44 bits per heavy atom. The molecule has 1 amide bonds. The molecule has 4 heteroatoms. The predicted molar refractivity (Wildman–Crippen MR) is 148 cm³/mol. The molecule has 0 bridgehead atoms. The second-order valence-corrected chi connectivity index (χ2v) is 9.11. The molecular weight excluding hydrogens is 444 g/mol. The molecule has 0 aliphatic heterocycles. The van der Waals surface area contributed by atoms with Crippen molar-refractivity contribution in [2.75, 3.05) is 12.4 Å². The van der Waals surface area contributed by atoms with E-state index in [0.717, 1.165) is 33.5 Å². The van der Waals surface area contributed by atoms with Crippen LogP contribution in [-0.4, -0.2) is 18.0 Å². The molecular formula is C32H28N2O2. The van der Waals surface area contributed by atoms with E-state index in [-0.39, 0.29) is 5.91 Å². The van der Waals surface area contributed by atoms with Crippen molar-refractivity contribution in [2.24, 2.45) is 0 Å². The Balaban J connectivity index is 1.45. The third kappa shape index (κ3) is 4.84. The number of carbonyl (C=O) groups excluding carboxylic acids is 1. The van der Waals surface area contributed by atoms with Crippen LogP contribution in [0.15, 0.2) is 103 Å². The normalized spacial score (nSPS) is 11.0. The van der Waals surface area contributed by atoms with Gasteiger partial charge >= 0.3 is 0 Å². The Hall–Kier alpha value is -4.44. The lowest BCUT2D eigenvalue weighted by molar-refractivity contribution is 0.102. The summed E-state index contributed by atoms with van der Waals surface area (Å²) in [5, 5.41) is 3.84. The molecule has 1 heterocycles. The van der Waals surface area contributed by atoms with Gasteiger partial charge in [0.05, 0.1) is 23.9 Å². The van der Waals surface area contributed by atoms with E-state index in [1.54, 1.807) is 7.11 Å². The molecule has 4 aromatic carbocycles. The van der Waals surface area contributed by atoms with Crippen LogP contribution < -0.4 is 10.1 Å². The number of nitrogens with one attached hydrogen (secondary N) is 1. The van der Waals surface area contributed by atoms with Crippen molar-refractivity contribution in [1.82, 2.24) is 4.98 Å². The maximum atomic E-state index is 13.5. The van der Waals surface area contributed by atoms with Crippen LogP contribution in [-0.2, 0) is 0 Å². The van der Waals surface area contributed by atoms with Crippen LogP contribution in [0.1, 0.15) is 35.7 Å². The molecule has 0 saturated heterocycles. The Morgan fingerprint density at radius 1 is 0.778 bits per heavy atom. The monoisotopic (exact) mass is 472 g/mol. The van der Waals surface area contributed by atoms with E-state index in [2.05, 4.69) is 43.4 Å². The zero-order valence-corrected chi connectivity index (χ0v) is 20.7. The highest BCUT2D eigenvalue weighted by Gasteiger charge is 2.15. The Bertz CT molecular complexity index is 1510. The smallest absolute Gasteiger partial charge is 0.256 e. The lowest BCUT2D eigenvalue weighted by Crippen LogP contribution is -2.13. The number of rotatable bonds is 6. The molecule has 178 valence electrons. The van der Waals surface area contributed by atoms with Crippen molar-refractivity contribution in [3.05, 3.63) is 114 Å². The number of hydrogen-bond acceptors (Lipinski definition) is 3. The predicted octanol–water partition coefficient (Wildman–Crippen LogP) is 7.95. The number of anilines is 1. The van der Waals surface area contributed by atoms with Gasteiger partial charge in [-0.05, 0) is 52.9 Å². The largest absolute Gasteiger partial charge is 0.497 e. The summed E-state index contributed by atoms with van der Waals surface area (Å²) in [5.74, 6) is 1.02. The number of nitrogens with zero attached hydrogens (tertiary/aromatic N) is 1. The first-order chi connectivity index (χ1) is 17.5. The number of amides is 1. The van der Waals surface area contributed by atoms with E-state index in [0.29, 0.717) is 22.7 Å². The molecule has 0 saturated carbocycles. The quantitative estimate of drug-likeness (QED) is 0.273. The van der Waals surface area contributed by atoms with Crippen LogP contribution in [0.4, 0.5) is 5.69 Å². The highest BCUT2D eigenvalue weighted by atomic mass is 16.5. The molecule has 5 aromatic rings. The van der Waals surface area contributed by atoms with Gasteiger partial charge in [-0.1, -0.05) is 80.6 Å². The molecule has 1 aromatic heterocycles. The van der Waals surface area contributed by atoms with Gasteiger partial charge < -0.3 is 10.1 Å². The molecule has 0 radical (unpaired) electrons. The van der Waals surface area contributed by atoms with Gasteiger partial charge in [0.15, 0.2) is 0 Å². The van der Waals surface area contributed by atoms with Crippen molar-refractivity contribution >= 4 is 22.5 Å². The molecule has 0 aliphatic carbocycles. The fourth-order valence-corrected chi connectivity index (χ4v) is 4.28. The third-order valence-electron chi connectivity index (χ3n) is 6.38. The number of methoxy groups -OCH3 is 1. The number of fused-ring (bicyclic) bond motifs is 1. The number of ether oxygens (including phenoxy) is 1. The number of aromatic nitrogens is 1. The van der Waals surface area contributed by atoms with Crippen LogP contribution in [0.5, 0.6) is 5.75 Å². The first-order valence-electron chi connectivity index (χ1n) is 12.1. The van der Waals surface area contributed by atoms with Gasteiger partial charge in [0.25, 0.3) is 5.91 Å². The lowest BCUT2D eigenvalue weighted by atomic mass is 9.99. The summed E-state index contributed by atoms with van der Waals surface area (Å²) in [6.07, 6.45) is 0. The van der Waals surface area contributed by atoms with Crippen molar-refractivity contribution in [3.63, 3.8) is 0 Å². The van der Waals surface area contributed by atoms with Gasteiger partial charge in [-0.15, -0.1) is 0 Å². The number of carbonyl (C=O) groups is 1. The van der Waals surface area contributed by atoms with Gasteiger partial charge in [0, 0.05) is 22.7 Å². The minimum atomic E-state index is -0.182. The zero-order valence-electron chi connectivity index (χ0n) is 20.7. The van der Waals surface area contributed by atoms with Crippen LogP contribution in [0.25, 0.3) is 33.3 Å². The Kier molecular flexibility index (Phi) is 6.50. The molecule has 0 aliphatic rings. The minimum absolute atomic E-state index is 0.182. The second kappa shape index (κ2) is 10.0. The molecule has 1 N–H and O–H groups in total. The van der Waals surface area contributed by atoms with Crippen LogP contribution in [0.3, 0.4) is 0 Å². The average molecular weight is 473 g/mol. The van der Waals surface area contributed by atoms with E-state index < -0.39 is 0 Å². The third-order valence-corrected chi connectivity index (χ3v) is 6.38. The summed E-state index contributed by atoms with van der Waals surface area (Å²) in [4.78, 5) is 18.3. The first-order valence-corrected chi connectivity index (χ1v) is 12.1. The van der Waals surface area contributed by atoms with Gasteiger partial charge in [0.2, 0.25) is 0 Å². The molecule has 0 atom stereocenters. The van der Waals surface area contributed by atoms with Crippen LogP contribution in [0.2, 0.25) is 0 Å². The van der Waals surface area contributed by atoms with E-state index in [1.807, 2.05) is 78.9 Å². The summed E-state index contributed by atoms with van der Waals surface area (Å²) >= 11 is 0. The van der Waals surface area contributed by atoms with Crippen molar-refractivity contribution < 1.29 is 9.53 Å². The molecule has 0 fully saturated rings. The summed E-state index contributed by atoms with van der Waals surface area (Å²) in [7, 11) is 1.62. The number of hydrogen-bond donors (Lipinski definition) is 1. The number of pyridine rings is 1. The lowest BCUT2D eigenvalue weighted by Gasteiger charge is -2.12. The molecule has 0 unspecified atom stereocenters. The van der Waals surface area contributed by atoms with Gasteiger partial charge in [-0.3, -0.25) is 4.79 Å². The van der Waals surface area contributed by atoms with Crippen molar-refractivity contribution in [2.45, 2.75) is 19.8 Å². The molecule has 36 heavy (non-hydrogen) atoms. The topological polar surface area (TPSA) is 51.2 Å². The average Bonchev–Trinajstić information content (AvgIpc) is 2.93. The molecule has 4 nitrogen and oxygen atoms in total. The van der Waals surface area contributed by atoms with E-state index >= 15 is 0 Å². The van der Waals surface area contributed by atoms with E-state index in [9.17, 15) is 4.79 Å². The molecule has 0 spiro atoms. The first kappa shape index (κ1) is 23.3. The second-order valence-electron chi connectivity index (χ2n) is 9.11. The summed E-state index contributed by atoms with van der Waals surface area (Å²) < 4.78 is 5.39. The Labute approximate surface area is 211 Å². The summed E-state index contributed by atoms with van der Waals surface area (Å²) in [5.41, 5.74) is 7.28. The zero-order chi connectivity index (χ0) is 25.1. The van der Waals surface area contributed by atoms with Crippen molar-refractivity contribution in [1.29, 1.82) is 0 Å². The fraction of sp³-hybridized carbons (Fsp3) is 0.125. The maximum absolute atomic E-state index is 13.5. The maximum Gasteiger partial charge on any atom is 0.256 e. The van der Waals surface area contributed by atoms with Crippen LogP contribution in [0, 0.1) is 0 Å². The highest BCUT2D eigenvalue weighted by Crippen LogP contribution is 2.29. The fourth-order valence-electron chi connectivity index (χ4n) is 4.28. The van der Waals surface area contributed by atoms with Crippen molar-refractivity contribution in [3.8, 4) is 28.1 Å². The molecule has 5 rings (SSSR count). The van der Waals surface area contributed by atoms with Gasteiger partial charge in [-0.25, -0.2) is 4.98 Å². The Morgan fingerprint density at radius 3 is 2.08 bits per heavy atom. The summed E-state index contributed by atoms with van der Waals surface area (Å²) in [6, 6.07) is 33.9. The van der Waals surface area contributed by atoms with Gasteiger partial charge in [-0.2, -0.15) is 0 Å². The van der Waals surface area contributed by atoms with Gasteiger partial charge in [0.1, 0.15) is 5.75 Å². The number of benzene rings is 4. The van der Waals surface area contributed by atoms with Crippen LogP contribution >= 0.6 is 0 Å². The van der Waals surface area contributed by atoms with E-state index in [1.165, 1.54) is 5.56 Å². The van der Waals surface area contributed by atoms with E-state index in [4.69, 9.17) is 9.72 Å². The standard InChI is InChI=1S/C32H28N2O2/c1-21(2)22-9-11-23(12-10-22)24-13-15-26(16-14-24)33-32(35)29-20-30(25-7-5-4-6-8-25)34-31-19-27(36-3)17-18-28(29)31/h4-21H,1-3H3,(H,33,35). The SMILES string of the molecule is COc1ccc2c(C(=O)Nc3ccc(-c4ccc(C(C)C)cc4)cc3)cc(-c3ccccc3)nc2c1. The highest BCUT2D eigenvalue weighted by molar-refractivity contribution is 6.13.